The highest BCUT2D eigenvalue weighted by molar-refractivity contribution is 5.16. The standard InChI is InChI=1S/C16H29NO/c1-16(18,13-15-11-7-8-12-17-15)14-9-5-3-2-4-6-10-14/h9,15,17-18H,2-8,10-13H2,1H3. The first-order chi connectivity index (χ1) is 8.68. The monoisotopic (exact) mass is 251 g/mol. The molecule has 2 unspecified atom stereocenters. The lowest BCUT2D eigenvalue weighted by atomic mass is 9.82. The quantitative estimate of drug-likeness (QED) is 0.752. The van der Waals surface area contributed by atoms with Crippen LogP contribution in [0, 0.1) is 0 Å². The van der Waals surface area contributed by atoms with Gasteiger partial charge in [-0.05, 0) is 64.0 Å². The topological polar surface area (TPSA) is 32.3 Å². The van der Waals surface area contributed by atoms with Crippen LogP contribution in [-0.2, 0) is 0 Å². The van der Waals surface area contributed by atoms with E-state index in [1.165, 1.54) is 50.5 Å². The first kappa shape index (κ1) is 14.1. The van der Waals surface area contributed by atoms with Gasteiger partial charge in [0.25, 0.3) is 0 Å². The molecule has 0 aromatic rings. The summed E-state index contributed by atoms with van der Waals surface area (Å²) in [5.74, 6) is 0. The van der Waals surface area contributed by atoms with Gasteiger partial charge in [0, 0.05) is 6.04 Å². The van der Waals surface area contributed by atoms with E-state index >= 15 is 0 Å². The molecule has 1 heterocycles. The molecular weight excluding hydrogens is 222 g/mol. The zero-order valence-corrected chi connectivity index (χ0v) is 11.9. The molecule has 18 heavy (non-hydrogen) atoms. The van der Waals surface area contributed by atoms with Crippen LogP contribution >= 0.6 is 0 Å². The fraction of sp³-hybridized carbons (Fsp3) is 0.875. The molecular formula is C16H29NO. The molecule has 1 aliphatic heterocycles. The maximum Gasteiger partial charge on any atom is 0.0843 e. The second-order valence-electron chi connectivity index (χ2n) is 6.31. The summed E-state index contributed by atoms with van der Waals surface area (Å²) in [6.45, 7) is 3.15. The first-order valence-corrected chi connectivity index (χ1v) is 7.84. The van der Waals surface area contributed by atoms with Crippen LogP contribution in [0.3, 0.4) is 0 Å². The molecule has 2 nitrogen and oxygen atoms in total. The fourth-order valence-corrected chi connectivity index (χ4v) is 3.39. The van der Waals surface area contributed by atoms with Crippen LogP contribution in [0.15, 0.2) is 11.6 Å². The van der Waals surface area contributed by atoms with Crippen molar-refractivity contribution in [2.45, 2.75) is 82.8 Å². The van der Waals surface area contributed by atoms with E-state index in [-0.39, 0.29) is 0 Å². The number of aliphatic hydroxyl groups is 1. The van der Waals surface area contributed by atoms with Crippen LogP contribution in [0.4, 0.5) is 0 Å². The number of piperidine rings is 1. The van der Waals surface area contributed by atoms with Gasteiger partial charge in [0.05, 0.1) is 5.60 Å². The maximum atomic E-state index is 10.8. The molecule has 1 fully saturated rings. The van der Waals surface area contributed by atoms with Gasteiger partial charge in [-0.3, -0.25) is 0 Å². The molecule has 2 aliphatic rings. The maximum absolute atomic E-state index is 10.8. The van der Waals surface area contributed by atoms with E-state index in [2.05, 4.69) is 11.4 Å². The van der Waals surface area contributed by atoms with Gasteiger partial charge in [-0.1, -0.05) is 25.3 Å². The molecule has 0 radical (unpaired) electrons. The van der Waals surface area contributed by atoms with Gasteiger partial charge in [0.1, 0.15) is 0 Å². The predicted molar refractivity (Wildman–Crippen MR) is 76.7 cm³/mol. The SMILES string of the molecule is CC(O)(CC1CCCCN1)C1=CCCCCCC1. The van der Waals surface area contributed by atoms with Crippen LogP contribution in [0.2, 0.25) is 0 Å². The van der Waals surface area contributed by atoms with Crippen molar-refractivity contribution in [3.05, 3.63) is 11.6 Å². The Morgan fingerprint density at radius 3 is 2.83 bits per heavy atom. The Morgan fingerprint density at radius 1 is 1.22 bits per heavy atom. The van der Waals surface area contributed by atoms with E-state index in [4.69, 9.17) is 0 Å². The second kappa shape index (κ2) is 6.72. The highest BCUT2D eigenvalue weighted by Crippen LogP contribution is 2.31. The largest absolute Gasteiger partial charge is 0.386 e. The van der Waals surface area contributed by atoms with Crippen LogP contribution in [-0.4, -0.2) is 23.3 Å². The van der Waals surface area contributed by atoms with Crippen molar-refractivity contribution >= 4 is 0 Å². The summed E-state index contributed by atoms with van der Waals surface area (Å²) in [5, 5.41) is 14.4. The summed E-state index contributed by atoms with van der Waals surface area (Å²) in [7, 11) is 0. The van der Waals surface area contributed by atoms with Crippen LogP contribution < -0.4 is 5.32 Å². The van der Waals surface area contributed by atoms with E-state index < -0.39 is 5.60 Å². The Kier molecular flexibility index (Phi) is 5.25. The lowest BCUT2D eigenvalue weighted by Crippen LogP contribution is -2.41. The summed E-state index contributed by atoms with van der Waals surface area (Å²) >= 11 is 0. The van der Waals surface area contributed by atoms with Crippen molar-refractivity contribution in [3.8, 4) is 0 Å². The Labute approximate surface area is 112 Å². The molecule has 0 aromatic heterocycles. The molecule has 1 aliphatic carbocycles. The van der Waals surface area contributed by atoms with E-state index in [0.29, 0.717) is 6.04 Å². The van der Waals surface area contributed by atoms with Crippen LogP contribution in [0.25, 0.3) is 0 Å². The molecule has 0 aromatic carbocycles. The zero-order chi connectivity index (χ0) is 12.8. The Morgan fingerprint density at radius 2 is 2.06 bits per heavy atom. The summed E-state index contributed by atoms with van der Waals surface area (Å²) < 4.78 is 0. The molecule has 1 saturated heterocycles. The number of allylic oxidation sites excluding steroid dienone is 1. The Bertz CT molecular complexity index is 277. The molecule has 0 amide bonds. The molecule has 2 heteroatoms. The van der Waals surface area contributed by atoms with Crippen molar-refractivity contribution in [1.82, 2.24) is 5.32 Å². The highest BCUT2D eigenvalue weighted by atomic mass is 16.3. The third-order valence-electron chi connectivity index (χ3n) is 4.54. The number of nitrogens with one attached hydrogen (secondary N) is 1. The van der Waals surface area contributed by atoms with Gasteiger partial charge in [-0.2, -0.15) is 0 Å². The van der Waals surface area contributed by atoms with Gasteiger partial charge in [-0.25, -0.2) is 0 Å². The molecule has 0 saturated carbocycles. The third-order valence-corrected chi connectivity index (χ3v) is 4.54. The van der Waals surface area contributed by atoms with Gasteiger partial charge >= 0.3 is 0 Å². The van der Waals surface area contributed by atoms with Gasteiger partial charge in [-0.15, -0.1) is 0 Å². The van der Waals surface area contributed by atoms with Crippen LogP contribution in [0.5, 0.6) is 0 Å². The number of hydrogen-bond donors (Lipinski definition) is 2. The number of rotatable bonds is 3. The predicted octanol–water partition coefficient (Wildman–Crippen LogP) is 3.55. The van der Waals surface area contributed by atoms with E-state index in [9.17, 15) is 5.11 Å². The summed E-state index contributed by atoms with van der Waals surface area (Å²) in [4.78, 5) is 0. The second-order valence-corrected chi connectivity index (χ2v) is 6.31. The molecule has 2 rings (SSSR count). The van der Waals surface area contributed by atoms with Crippen molar-refractivity contribution < 1.29 is 5.11 Å². The molecule has 0 bridgehead atoms. The molecule has 2 N–H and O–H groups in total. The van der Waals surface area contributed by atoms with Gasteiger partial charge in [0.15, 0.2) is 0 Å². The van der Waals surface area contributed by atoms with Gasteiger partial charge in [0.2, 0.25) is 0 Å². The smallest absolute Gasteiger partial charge is 0.0843 e. The zero-order valence-electron chi connectivity index (χ0n) is 11.9. The average molecular weight is 251 g/mol. The van der Waals surface area contributed by atoms with E-state index in [1.54, 1.807) is 0 Å². The first-order valence-electron chi connectivity index (χ1n) is 7.84. The molecule has 104 valence electrons. The van der Waals surface area contributed by atoms with Crippen LogP contribution in [0.1, 0.15) is 71.1 Å². The minimum Gasteiger partial charge on any atom is -0.386 e. The molecule has 2 atom stereocenters. The lowest BCUT2D eigenvalue weighted by Gasteiger charge is -2.34. The Hall–Kier alpha value is -0.340. The third kappa shape index (κ3) is 4.10. The van der Waals surface area contributed by atoms with Crippen molar-refractivity contribution in [3.63, 3.8) is 0 Å². The average Bonchev–Trinajstić information content (AvgIpc) is 2.28. The van der Waals surface area contributed by atoms with Crippen molar-refractivity contribution in [2.75, 3.05) is 6.54 Å². The molecule has 0 spiro atoms. The summed E-state index contributed by atoms with van der Waals surface area (Å²) in [5.41, 5.74) is 0.710. The minimum absolute atomic E-state index is 0.514. The minimum atomic E-state index is -0.591. The van der Waals surface area contributed by atoms with E-state index in [1.807, 2.05) is 6.92 Å². The highest BCUT2D eigenvalue weighted by Gasteiger charge is 2.29. The van der Waals surface area contributed by atoms with E-state index in [0.717, 1.165) is 25.8 Å². The number of hydrogen-bond acceptors (Lipinski definition) is 2. The van der Waals surface area contributed by atoms with Crippen molar-refractivity contribution in [1.29, 1.82) is 0 Å². The summed E-state index contributed by atoms with van der Waals surface area (Å²) in [6.07, 6.45) is 14.5. The lowest BCUT2D eigenvalue weighted by molar-refractivity contribution is 0.0681. The Balaban J connectivity index is 1.94. The fourth-order valence-electron chi connectivity index (χ4n) is 3.39. The van der Waals surface area contributed by atoms with Crippen molar-refractivity contribution in [2.24, 2.45) is 0 Å². The summed E-state index contributed by atoms with van der Waals surface area (Å²) in [6, 6.07) is 0.514. The van der Waals surface area contributed by atoms with Gasteiger partial charge < -0.3 is 10.4 Å². The normalized spacial score (nSPS) is 29.9.